The van der Waals surface area contributed by atoms with Gasteiger partial charge in [-0.15, -0.1) is 0 Å². The molecule has 0 amide bonds. The molecule has 1 aromatic rings. The van der Waals surface area contributed by atoms with E-state index in [9.17, 15) is 0 Å². The van der Waals surface area contributed by atoms with Gasteiger partial charge in [0.1, 0.15) is 0 Å². The smallest absolute Gasteiger partial charge is 0.170 e. The summed E-state index contributed by atoms with van der Waals surface area (Å²) in [5, 5.41) is 7.77. The van der Waals surface area contributed by atoms with Crippen molar-refractivity contribution < 1.29 is 0 Å². The van der Waals surface area contributed by atoms with E-state index in [4.69, 9.17) is 35.4 Å². The summed E-state index contributed by atoms with van der Waals surface area (Å²) in [5.41, 5.74) is 0.644. The van der Waals surface area contributed by atoms with E-state index in [2.05, 4.69) is 15.5 Å². The topological polar surface area (TPSA) is 27.3 Å². The molecular weight excluding hydrogens is 289 g/mol. The standard InChI is InChI=1S/C12H17Cl2N3S/c1-17(2)8-4-7-15-12(18)16-11-9(13)5-3-6-10(11)14/h3,5-6H,4,7-8H2,1-2H3,(H2,15,16,18). The van der Waals surface area contributed by atoms with Gasteiger partial charge in [-0.1, -0.05) is 29.3 Å². The van der Waals surface area contributed by atoms with Crippen molar-refractivity contribution in [3.8, 4) is 0 Å². The summed E-state index contributed by atoms with van der Waals surface area (Å²) in [7, 11) is 4.08. The first-order valence-electron chi connectivity index (χ1n) is 5.64. The molecule has 1 rings (SSSR count). The van der Waals surface area contributed by atoms with Crippen LogP contribution < -0.4 is 10.6 Å². The zero-order valence-corrected chi connectivity index (χ0v) is 12.8. The lowest BCUT2D eigenvalue weighted by molar-refractivity contribution is 0.400. The third-order valence-electron chi connectivity index (χ3n) is 2.27. The Balaban J connectivity index is 2.40. The molecule has 2 N–H and O–H groups in total. The van der Waals surface area contributed by atoms with Crippen LogP contribution in [0.2, 0.25) is 10.0 Å². The van der Waals surface area contributed by atoms with E-state index >= 15 is 0 Å². The maximum atomic E-state index is 6.04. The van der Waals surface area contributed by atoms with Crippen molar-refractivity contribution in [2.75, 3.05) is 32.5 Å². The lowest BCUT2D eigenvalue weighted by Crippen LogP contribution is -2.31. The highest BCUT2D eigenvalue weighted by atomic mass is 35.5. The second kappa shape index (κ2) is 7.79. The number of hydrogen-bond donors (Lipinski definition) is 2. The van der Waals surface area contributed by atoms with Gasteiger partial charge in [0.25, 0.3) is 0 Å². The zero-order chi connectivity index (χ0) is 13.5. The Morgan fingerprint density at radius 2 is 1.89 bits per heavy atom. The largest absolute Gasteiger partial charge is 0.362 e. The van der Waals surface area contributed by atoms with Gasteiger partial charge >= 0.3 is 0 Å². The number of benzene rings is 1. The van der Waals surface area contributed by atoms with E-state index in [0.29, 0.717) is 20.8 Å². The molecule has 0 aliphatic heterocycles. The van der Waals surface area contributed by atoms with Gasteiger partial charge in [0.05, 0.1) is 15.7 Å². The van der Waals surface area contributed by atoms with Gasteiger partial charge in [-0.25, -0.2) is 0 Å². The molecule has 18 heavy (non-hydrogen) atoms. The molecule has 0 saturated carbocycles. The minimum Gasteiger partial charge on any atom is -0.362 e. The van der Waals surface area contributed by atoms with Gasteiger partial charge in [-0.3, -0.25) is 0 Å². The highest BCUT2D eigenvalue weighted by Gasteiger charge is 2.06. The average Bonchev–Trinajstić information content (AvgIpc) is 2.29. The molecular formula is C12H17Cl2N3S. The number of thiocarbonyl (C=S) groups is 1. The fourth-order valence-corrected chi connectivity index (χ4v) is 2.07. The number of nitrogens with one attached hydrogen (secondary N) is 2. The first-order chi connectivity index (χ1) is 8.50. The van der Waals surface area contributed by atoms with Crippen LogP contribution in [0.1, 0.15) is 6.42 Å². The highest BCUT2D eigenvalue weighted by Crippen LogP contribution is 2.29. The second-order valence-electron chi connectivity index (χ2n) is 4.13. The predicted octanol–water partition coefficient (Wildman–Crippen LogP) is 3.23. The van der Waals surface area contributed by atoms with Crippen LogP contribution in [-0.2, 0) is 0 Å². The summed E-state index contributed by atoms with van der Waals surface area (Å²) in [5.74, 6) is 0. The van der Waals surface area contributed by atoms with Gasteiger partial charge in [-0.2, -0.15) is 0 Å². The van der Waals surface area contributed by atoms with E-state index in [-0.39, 0.29) is 0 Å². The molecule has 0 bridgehead atoms. The van der Waals surface area contributed by atoms with Crippen LogP contribution in [0, 0.1) is 0 Å². The molecule has 0 heterocycles. The number of nitrogens with zero attached hydrogens (tertiary/aromatic N) is 1. The van der Waals surface area contributed by atoms with Crippen LogP contribution in [0.4, 0.5) is 5.69 Å². The van der Waals surface area contributed by atoms with Crippen molar-refractivity contribution in [1.29, 1.82) is 0 Å². The maximum absolute atomic E-state index is 6.04. The van der Waals surface area contributed by atoms with Crippen LogP contribution in [0.3, 0.4) is 0 Å². The van der Waals surface area contributed by atoms with Crippen molar-refractivity contribution in [3.63, 3.8) is 0 Å². The Morgan fingerprint density at radius 1 is 1.28 bits per heavy atom. The van der Waals surface area contributed by atoms with E-state index in [1.807, 2.05) is 14.1 Å². The Morgan fingerprint density at radius 3 is 2.44 bits per heavy atom. The molecule has 0 aliphatic rings. The fourth-order valence-electron chi connectivity index (χ4n) is 1.37. The molecule has 0 atom stereocenters. The second-order valence-corrected chi connectivity index (χ2v) is 5.36. The SMILES string of the molecule is CN(C)CCCNC(=S)Nc1c(Cl)cccc1Cl. The van der Waals surface area contributed by atoms with Gasteiger partial charge in [0.15, 0.2) is 5.11 Å². The number of halogens is 2. The minimum atomic E-state index is 0.531. The first kappa shape index (κ1) is 15.5. The summed E-state index contributed by atoms with van der Waals surface area (Å²) in [6.07, 6.45) is 1.02. The first-order valence-corrected chi connectivity index (χ1v) is 6.80. The summed E-state index contributed by atoms with van der Waals surface area (Å²) < 4.78 is 0. The lowest BCUT2D eigenvalue weighted by atomic mass is 10.3. The average molecular weight is 306 g/mol. The minimum absolute atomic E-state index is 0.531. The quantitative estimate of drug-likeness (QED) is 0.645. The molecule has 1 aromatic carbocycles. The molecule has 3 nitrogen and oxygen atoms in total. The summed E-state index contributed by atoms with van der Waals surface area (Å²) in [4.78, 5) is 2.13. The molecule has 0 spiro atoms. The summed E-state index contributed by atoms with van der Waals surface area (Å²) in [6.45, 7) is 1.83. The van der Waals surface area contributed by atoms with Gasteiger partial charge in [0, 0.05) is 6.54 Å². The number of hydrogen-bond acceptors (Lipinski definition) is 2. The van der Waals surface area contributed by atoms with Crippen LogP contribution in [0.25, 0.3) is 0 Å². The third-order valence-corrected chi connectivity index (χ3v) is 3.15. The van der Waals surface area contributed by atoms with Gasteiger partial charge in [0.2, 0.25) is 0 Å². The molecule has 6 heteroatoms. The van der Waals surface area contributed by atoms with Crippen LogP contribution in [0.5, 0.6) is 0 Å². The van der Waals surface area contributed by atoms with Crippen molar-refractivity contribution in [1.82, 2.24) is 10.2 Å². The lowest BCUT2D eigenvalue weighted by Gasteiger charge is -2.14. The van der Waals surface area contributed by atoms with Crippen LogP contribution >= 0.6 is 35.4 Å². The van der Waals surface area contributed by atoms with E-state index < -0.39 is 0 Å². The number of anilines is 1. The highest BCUT2D eigenvalue weighted by molar-refractivity contribution is 7.80. The molecule has 100 valence electrons. The van der Waals surface area contributed by atoms with Crippen LogP contribution in [-0.4, -0.2) is 37.2 Å². The van der Waals surface area contributed by atoms with Crippen molar-refractivity contribution in [2.24, 2.45) is 0 Å². The predicted molar refractivity (Wildman–Crippen MR) is 83.9 cm³/mol. The number of para-hydroxylation sites is 1. The molecule has 0 radical (unpaired) electrons. The summed E-state index contributed by atoms with van der Waals surface area (Å²) >= 11 is 17.3. The summed E-state index contributed by atoms with van der Waals surface area (Å²) in [6, 6.07) is 5.33. The number of rotatable bonds is 5. The Kier molecular flexibility index (Phi) is 6.71. The molecule has 0 aliphatic carbocycles. The van der Waals surface area contributed by atoms with E-state index in [1.54, 1.807) is 18.2 Å². The Labute approximate surface area is 123 Å². The third kappa shape index (κ3) is 5.40. The Hall–Kier alpha value is -0.550. The monoisotopic (exact) mass is 305 g/mol. The fraction of sp³-hybridized carbons (Fsp3) is 0.417. The molecule has 0 saturated heterocycles. The van der Waals surface area contributed by atoms with E-state index in [0.717, 1.165) is 19.5 Å². The van der Waals surface area contributed by atoms with Crippen molar-refractivity contribution >= 4 is 46.2 Å². The van der Waals surface area contributed by atoms with Gasteiger partial charge < -0.3 is 15.5 Å². The van der Waals surface area contributed by atoms with E-state index in [1.165, 1.54) is 0 Å². The van der Waals surface area contributed by atoms with Crippen molar-refractivity contribution in [3.05, 3.63) is 28.2 Å². The molecule has 0 aromatic heterocycles. The maximum Gasteiger partial charge on any atom is 0.170 e. The molecule has 0 fully saturated rings. The van der Waals surface area contributed by atoms with Gasteiger partial charge in [-0.05, 0) is 51.4 Å². The Bertz CT molecular complexity index is 390. The van der Waals surface area contributed by atoms with Crippen LogP contribution in [0.15, 0.2) is 18.2 Å². The van der Waals surface area contributed by atoms with Crippen molar-refractivity contribution in [2.45, 2.75) is 6.42 Å². The molecule has 0 unspecified atom stereocenters. The zero-order valence-electron chi connectivity index (χ0n) is 10.5. The normalized spacial score (nSPS) is 10.5.